The van der Waals surface area contributed by atoms with E-state index in [0.29, 0.717) is 0 Å². The van der Waals surface area contributed by atoms with Gasteiger partial charge in [0, 0.05) is 18.3 Å². The summed E-state index contributed by atoms with van der Waals surface area (Å²) in [7, 11) is 0. The first-order chi connectivity index (χ1) is 9.69. The normalized spacial score (nSPS) is 24.1. The first-order valence-corrected chi connectivity index (χ1v) is 7.36. The molecule has 1 aromatic carbocycles. The molecule has 1 N–H and O–H groups in total. The molecule has 3 rings (SSSR count). The largest absolute Gasteiger partial charge is 0.480 e. The number of carbonyl (C=O) groups is 1. The highest BCUT2D eigenvalue weighted by molar-refractivity contribution is 5.74. The number of hydrogen-bond donors (Lipinski definition) is 1. The number of aliphatic carboxylic acids is 1. The van der Waals surface area contributed by atoms with Gasteiger partial charge in [-0.05, 0) is 44.2 Å². The van der Waals surface area contributed by atoms with Crippen molar-refractivity contribution in [2.24, 2.45) is 0 Å². The van der Waals surface area contributed by atoms with Gasteiger partial charge in [-0.15, -0.1) is 0 Å². The van der Waals surface area contributed by atoms with Crippen molar-refractivity contribution < 1.29 is 14.6 Å². The second kappa shape index (κ2) is 5.44. The van der Waals surface area contributed by atoms with Crippen LogP contribution in [0.3, 0.4) is 0 Å². The number of ether oxygens (including phenoxy) is 1. The van der Waals surface area contributed by atoms with Crippen molar-refractivity contribution in [3.63, 3.8) is 0 Å². The Balaban J connectivity index is 1.79. The predicted molar refractivity (Wildman–Crippen MR) is 77.0 cm³/mol. The molecule has 108 valence electrons. The molecule has 0 radical (unpaired) electrons. The Morgan fingerprint density at radius 2 is 2.10 bits per heavy atom. The van der Waals surface area contributed by atoms with Gasteiger partial charge in [-0.3, -0.25) is 4.79 Å². The molecule has 2 aliphatic rings. The van der Waals surface area contributed by atoms with Gasteiger partial charge in [-0.25, -0.2) is 0 Å². The van der Waals surface area contributed by atoms with Crippen LogP contribution in [0.4, 0.5) is 5.69 Å². The lowest BCUT2D eigenvalue weighted by atomic mass is 9.73. The molecule has 20 heavy (non-hydrogen) atoms. The molecule has 1 heterocycles. The first kappa shape index (κ1) is 13.4. The maximum absolute atomic E-state index is 11.2. The minimum absolute atomic E-state index is 0.0362. The van der Waals surface area contributed by atoms with E-state index in [4.69, 9.17) is 4.74 Å². The number of hydrogen-bond acceptors (Lipinski definition) is 3. The minimum atomic E-state index is -0.775. The molecule has 1 aliphatic heterocycles. The summed E-state index contributed by atoms with van der Waals surface area (Å²) in [4.78, 5) is 13.2. The third-order valence-electron chi connectivity index (χ3n) is 4.57. The third kappa shape index (κ3) is 2.66. The standard InChI is InChI=1S/C16H21NO3/c18-15(19)12-17(13-5-2-1-3-6-13)14-7-10-20-16(11-14)8-4-9-16/h1-3,5-6,14H,4,7-12H2,(H,18,19). The molecule has 1 spiro atoms. The van der Waals surface area contributed by atoms with Crippen LogP contribution in [0.5, 0.6) is 0 Å². The van der Waals surface area contributed by atoms with Crippen molar-refractivity contribution in [1.82, 2.24) is 0 Å². The van der Waals surface area contributed by atoms with Crippen LogP contribution in [0.25, 0.3) is 0 Å². The number of nitrogens with zero attached hydrogens (tertiary/aromatic N) is 1. The second-order valence-electron chi connectivity index (χ2n) is 5.89. The van der Waals surface area contributed by atoms with Gasteiger partial charge in [0.05, 0.1) is 5.60 Å². The summed E-state index contributed by atoms with van der Waals surface area (Å²) in [5.74, 6) is -0.775. The van der Waals surface area contributed by atoms with Crippen LogP contribution in [0.1, 0.15) is 32.1 Å². The molecule has 0 amide bonds. The fraction of sp³-hybridized carbons (Fsp3) is 0.562. The SMILES string of the molecule is O=C(O)CN(c1ccccc1)C1CCOC2(CCC2)C1. The van der Waals surface area contributed by atoms with E-state index in [1.807, 2.05) is 35.2 Å². The van der Waals surface area contributed by atoms with Gasteiger partial charge in [-0.1, -0.05) is 18.2 Å². The molecule has 0 aromatic heterocycles. The fourth-order valence-electron chi connectivity index (χ4n) is 3.38. The molecule has 1 atom stereocenters. The van der Waals surface area contributed by atoms with E-state index in [2.05, 4.69) is 0 Å². The zero-order valence-corrected chi connectivity index (χ0v) is 11.6. The molecule has 1 unspecified atom stereocenters. The van der Waals surface area contributed by atoms with E-state index < -0.39 is 5.97 Å². The monoisotopic (exact) mass is 275 g/mol. The van der Waals surface area contributed by atoms with E-state index in [-0.39, 0.29) is 18.2 Å². The second-order valence-corrected chi connectivity index (χ2v) is 5.89. The van der Waals surface area contributed by atoms with Crippen molar-refractivity contribution in [3.05, 3.63) is 30.3 Å². The molecule has 1 saturated carbocycles. The third-order valence-corrected chi connectivity index (χ3v) is 4.57. The lowest BCUT2D eigenvalue weighted by Crippen LogP contribution is -2.53. The highest BCUT2D eigenvalue weighted by Crippen LogP contribution is 2.43. The van der Waals surface area contributed by atoms with E-state index in [9.17, 15) is 9.90 Å². The first-order valence-electron chi connectivity index (χ1n) is 7.36. The minimum Gasteiger partial charge on any atom is -0.480 e. The van der Waals surface area contributed by atoms with E-state index >= 15 is 0 Å². The summed E-state index contributed by atoms with van der Waals surface area (Å²) in [5.41, 5.74) is 1.03. The highest BCUT2D eigenvalue weighted by atomic mass is 16.5. The lowest BCUT2D eigenvalue weighted by molar-refractivity contribution is -0.139. The number of benzene rings is 1. The number of rotatable bonds is 4. The summed E-state index contributed by atoms with van der Waals surface area (Å²) in [6.07, 6.45) is 5.34. The Bertz CT molecular complexity index is 470. The van der Waals surface area contributed by atoms with Crippen molar-refractivity contribution in [2.75, 3.05) is 18.1 Å². The van der Waals surface area contributed by atoms with E-state index in [0.717, 1.165) is 38.0 Å². The van der Waals surface area contributed by atoms with Crippen LogP contribution in [0, 0.1) is 0 Å². The number of anilines is 1. The van der Waals surface area contributed by atoms with Crippen LogP contribution < -0.4 is 4.90 Å². The average Bonchev–Trinajstić information content (AvgIpc) is 2.44. The molecular formula is C16H21NO3. The van der Waals surface area contributed by atoms with E-state index in [1.54, 1.807) is 0 Å². The van der Waals surface area contributed by atoms with Gasteiger partial charge in [0.1, 0.15) is 6.54 Å². The van der Waals surface area contributed by atoms with Gasteiger partial charge in [-0.2, -0.15) is 0 Å². The van der Waals surface area contributed by atoms with Crippen LogP contribution >= 0.6 is 0 Å². The number of carboxylic acids is 1. The molecular weight excluding hydrogens is 254 g/mol. The zero-order valence-electron chi connectivity index (χ0n) is 11.6. The Morgan fingerprint density at radius 3 is 2.70 bits per heavy atom. The quantitative estimate of drug-likeness (QED) is 0.918. The van der Waals surface area contributed by atoms with Crippen molar-refractivity contribution >= 4 is 11.7 Å². The Morgan fingerprint density at radius 1 is 1.35 bits per heavy atom. The summed E-state index contributed by atoms with van der Waals surface area (Å²) in [6, 6.07) is 10.1. The van der Waals surface area contributed by atoms with Crippen molar-refractivity contribution in [1.29, 1.82) is 0 Å². The van der Waals surface area contributed by atoms with Gasteiger partial charge in [0.15, 0.2) is 0 Å². The van der Waals surface area contributed by atoms with Gasteiger partial charge >= 0.3 is 5.97 Å². The average molecular weight is 275 g/mol. The van der Waals surface area contributed by atoms with E-state index in [1.165, 1.54) is 6.42 Å². The van der Waals surface area contributed by atoms with Gasteiger partial charge in [0.2, 0.25) is 0 Å². The Hall–Kier alpha value is -1.55. The summed E-state index contributed by atoms with van der Waals surface area (Å²) in [5, 5.41) is 9.20. The molecule has 2 fully saturated rings. The number of carboxylic acid groups (broad SMARTS) is 1. The molecule has 1 saturated heterocycles. The summed E-state index contributed by atoms with van der Waals surface area (Å²) < 4.78 is 5.95. The van der Waals surface area contributed by atoms with Crippen LogP contribution in [0.15, 0.2) is 30.3 Å². The maximum Gasteiger partial charge on any atom is 0.323 e. The molecule has 1 aliphatic carbocycles. The van der Waals surface area contributed by atoms with Gasteiger partial charge in [0.25, 0.3) is 0 Å². The fourth-order valence-corrected chi connectivity index (χ4v) is 3.38. The van der Waals surface area contributed by atoms with Gasteiger partial charge < -0.3 is 14.7 Å². The van der Waals surface area contributed by atoms with Crippen LogP contribution in [0.2, 0.25) is 0 Å². The molecule has 1 aromatic rings. The zero-order chi connectivity index (χ0) is 14.0. The maximum atomic E-state index is 11.2. The lowest BCUT2D eigenvalue weighted by Gasteiger charge is -2.49. The highest BCUT2D eigenvalue weighted by Gasteiger charge is 2.44. The van der Waals surface area contributed by atoms with Crippen LogP contribution in [-0.4, -0.2) is 35.9 Å². The molecule has 4 heteroatoms. The topological polar surface area (TPSA) is 49.8 Å². The molecule has 4 nitrogen and oxygen atoms in total. The van der Waals surface area contributed by atoms with Crippen molar-refractivity contribution in [3.8, 4) is 0 Å². The smallest absolute Gasteiger partial charge is 0.323 e. The number of para-hydroxylation sites is 1. The molecule has 0 bridgehead atoms. The van der Waals surface area contributed by atoms with Crippen molar-refractivity contribution in [2.45, 2.75) is 43.7 Å². The van der Waals surface area contributed by atoms with Crippen LogP contribution in [-0.2, 0) is 9.53 Å². The summed E-state index contributed by atoms with van der Waals surface area (Å²) in [6.45, 7) is 0.804. The Kier molecular flexibility index (Phi) is 3.66. The summed E-state index contributed by atoms with van der Waals surface area (Å²) >= 11 is 0. The predicted octanol–water partition coefficient (Wildman–Crippen LogP) is 2.68. The Labute approximate surface area is 119 Å².